The van der Waals surface area contributed by atoms with Crippen LogP contribution in [0, 0.1) is 0 Å². The number of pyridine rings is 1. The number of fused-ring (bicyclic) bond motifs is 1. The molecule has 1 saturated heterocycles. The van der Waals surface area contributed by atoms with Gasteiger partial charge in [0.1, 0.15) is 11.8 Å². The lowest BCUT2D eigenvalue weighted by Crippen LogP contribution is -2.39. The molecule has 1 aliphatic rings. The Balaban J connectivity index is 1.19. The Morgan fingerprint density at radius 2 is 1.91 bits per heavy atom. The standard InChI is InChI=1S/C25H25N7O3/c33-23(27-11-12-28-24(34)22-5-3-13-35-22)21-15-16-14-17(6-7-18(16)31-21)30-25-29-10-8-20(32-25)19-4-1-2-9-26-19/h1-2,4,6-10,14-15,22,31H,3,5,11-13H2,(H,27,33)(H,28,34)(H,29,30,32)/t22-/m0/s1. The molecule has 4 aromatic rings. The summed E-state index contributed by atoms with van der Waals surface area (Å²) in [6.45, 7) is 1.29. The minimum atomic E-state index is -0.370. The molecule has 5 rings (SSSR count). The molecule has 10 nitrogen and oxygen atoms in total. The normalized spacial score (nSPS) is 15.1. The highest BCUT2D eigenvalue weighted by Crippen LogP contribution is 2.23. The maximum absolute atomic E-state index is 12.5. The van der Waals surface area contributed by atoms with Gasteiger partial charge in [-0.05, 0) is 55.3 Å². The minimum Gasteiger partial charge on any atom is -0.368 e. The van der Waals surface area contributed by atoms with Crippen molar-refractivity contribution in [3.8, 4) is 11.4 Å². The molecule has 0 aliphatic carbocycles. The second-order valence-corrected chi connectivity index (χ2v) is 8.14. The molecule has 1 atom stereocenters. The number of anilines is 2. The van der Waals surface area contributed by atoms with E-state index in [1.807, 2.05) is 42.5 Å². The van der Waals surface area contributed by atoms with Crippen molar-refractivity contribution in [1.82, 2.24) is 30.6 Å². The first-order valence-corrected chi connectivity index (χ1v) is 11.5. The minimum absolute atomic E-state index is 0.128. The molecule has 10 heteroatoms. The Kier molecular flexibility index (Phi) is 6.62. The maximum atomic E-state index is 12.5. The third kappa shape index (κ3) is 5.44. The van der Waals surface area contributed by atoms with Gasteiger partial charge in [0.05, 0.1) is 11.4 Å². The van der Waals surface area contributed by atoms with E-state index in [-0.39, 0.29) is 17.9 Å². The van der Waals surface area contributed by atoms with Crippen molar-refractivity contribution in [1.29, 1.82) is 0 Å². The van der Waals surface area contributed by atoms with E-state index in [1.54, 1.807) is 18.5 Å². The number of nitrogens with one attached hydrogen (secondary N) is 4. The zero-order chi connectivity index (χ0) is 24.0. The van der Waals surface area contributed by atoms with Gasteiger partial charge in [0.15, 0.2) is 0 Å². The second kappa shape index (κ2) is 10.3. The van der Waals surface area contributed by atoms with Gasteiger partial charge in [0.25, 0.3) is 5.91 Å². The van der Waals surface area contributed by atoms with Gasteiger partial charge in [0.2, 0.25) is 11.9 Å². The summed E-state index contributed by atoms with van der Waals surface area (Å²) < 4.78 is 5.35. The van der Waals surface area contributed by atoms with Gasteiger partial charge in [-0.15, -0.1) is 0 Å². The molecule has 0 saturated carbocycles. The van der Waals surface area contributed by atoms with Crippen LogP contribution in [0.25, 0.3) is 22.3 Å². The Labute approximate surface area is 201 Å². The number of aromatic nitrogens is 4. The number of ether oxygens (including phenoxy) is 1. The maximum Gasteiger partial charge on any atom is 0.267 e. The summed E-state index contributed by atoms with van der Waals surface area (Å²) in [4.78, 5) is 40.8. The molecular formula is C25H25N7O3. The Morgan fingerprint density at radius 1 is 1.00 bits per heavy atom. The van der Waals surface area contributed by atoms with E-state index in [0.29, 0.717) is 31.3 Å². The van der Waals surface area contributed by atoms with Crippen molar-refractivity contribution in [2.24, 2.45) is 0 Å². The van der Waals surface area contributed by atoms with Crippen LogP contribution in [-0.4, -0.2) is 57.6 Å². The topological polar surface area (TPSA) is 134 Å². The van der Waals surface area contributed by atoms with E-state index >= 15 is 0 Å². The van der Waals surface area contributed by atoms with Crippen LogP contribution in [0.5, 0.6) is 0 Å². The summed E-state index contributed by atoms with van der Waals surface area (Å²) in [6, 6.07) is 14.9. The van der Waals surface area contributed by atoms with Crippen LogP contribution >= 0.6 is 0 Å². The SMILES string of the molecule is O=C(NCCNC(=O)[C@@H]1CCCO1)c1cc2cc(Nc3nccc(-c4ccccn4)n3)ccc2[nH]1. The number of hydrogen-bond donors (Lipinski definition) is 4. The zero-order valence-electron chi connectivity index (χ0n) is 19.0. The van der Waals surface area contributed by atoms with E-state index in [4.69, 9.17) is 4.74 Å². The molecule has 4 N–H and O–H groups in total. The van der Waals surface area contributed by atoms with Gasteiger partial charge in [-0.2, -0.15) is 0 Å². The van der Waals surface area contributed by atoms with Crippen molar-refractivity contribution in [3.63, 3.8) is 0 Å². The van der Waals surface area contributed by atoms with Crippen LogP contribution in [0.3, 0.4) is 0 Å². The van der Waals surface area contributed by atoms with Crippen LogP contribution in [0.2, 0.25) is 0 Å². The lowest BCUT2D eigenvalue weighted by molar-refractivity contribution is -0.129. The molecule has 35 heavy (non-hydrogen) atoms. The van der Waals surface area contributed by atoms with E-state index in [0.717, 1.165) is 40.8 Å². The summed E-state index contributed by atoms with van der Waals surface area (Å²) >= 11 is 0. The molecule has 178 valence electrons. The molecule has 4 heterocycles. The van der Waals surface area contributed by atoms with Crippen molar-refractivity contribution in [2.75, 3.05) is 25.0 Å². The summed E-state index contributed by atoms with van der Waals surface area (Å²) in [5.41, 5.74) is 3.54. The number of aromatic amines is 1. The van der Waals surface area contributed by atoms with Crippen LogP contribution in [0.1, 0.15) is 23.3 Å². The smallest absolute Gasteiger partial charge is 0.267 e. The van der Waals surface area contributed by atoms with Crippen molar-refractivity contribution >= 4 is 34.4 Å². The molecule has 1 fully saturated rings. The quantitative estimate of drug-likeness (QED) is 0.290. The summed E-state index contributed by atoms with van der Waals surface area (Å²) in [6.07, 6.45) is 4.67. The average Bonchev–Trinajstić information content (AvgIpc) is 3.57. The van der Waals surface area contributed by atoms with Gasteiger partial charge in [-0.25, -0.2) is 9.97 Å². The molecule has 3 aromatic heterocycles. The van der Waals surface area contributed by atoms with Gasteiger partial charge in [0, 0.05) is 48.7 Å². The fourth-order valence-electron chi connectivity index (χ4n) is 3.89. The summed E-state index contributed by atoms with van der Waals surface area (Å²) in [5.74, 6) is 0.0801. The fourth-order valence-corrected chi connectivity index (χ4v) is 3.89. The largest absolute Gasteiger partial charge is 0.368 e. The monoisotopic (exact) mass is 471 g/mol. The Morgan fingerprint density at radius 3 is 2.74 bits per heavy atom. The van der Waals surface area contributed by atoms with Gasteiger partial charge < -0.3 is 25.7 Å². The zero-order valence-corrected chi connectivity index (χ0v) is 19.0. The number of rotatable bonds is 8. The van der Waals surface area contributed by atoms with Gasteiger partial charge in [-0.3, -0.25) is 14.6 Å². The third-order valence-electron chi connectivity index (χ3n) is 5.64. The van der Waals surface area contributed by atoms with Crippen LogP contribution in [0.15, 0.2) is 60.9 Å². The molecule has 2 amide bonds. The molecule has 0 unspecified atom stereocenters. The van der Waals surface area contributed by atoms with E-state index in [2.05, 4.69) is 35.9 Å². The molecule has 1 aromatic carbocycles. The van der Waals surface area contributed by atoms with Gasteiger partial charge in [-0.1, -0.05) is 6.07 Å². The first-order valence-electron chi connectivity index (χ1n) is 11.5. The Hall–Kier alpha value is -4.31. The number of hydrogen-bond acceptors (Lipinski definition) is 7. The fraction of sp³-hybridized carbons (Fsp3) is 0.240. The highest BCUT2D eigenvalue weighted by molar-refractivity contribution is 5.98. The molecular weight excluding hydrogens is 446 g/mol. The Bertz CT molecular complexity index is 1330. The predicted octanol–water partition coefficient (Wildman–Crippen LogP) is 2.79. The molecule has 0 bridgehead atoms. The summed E-state index contributed by atoms with van der Waals surface area (Å²) in [7, 11) is 0. The molecule has 1 aliphatic heterocycles. The number of nitrogens with zero attached hydrogens (tertiary/aromatic N) is 3. The number of carbonyl (C=O) groups is 2. The molecule has 0 spiro atoms. The first-order chi connectivity index (χ1) is 17.2. The van der Waals surface area contributed by atoms with Crippen molar-refractivity contribution < 1.29 is 14.3 Å². The van der Waals surface area contributed by atoms with Gasteiger partial charge >= 0.3 is 0 Å². The lowest BCUT2D eigenvalue weighted by atomic mass is 10.2. The lowest BCUT2D eigenvalue weighted by Gasteiger charge is -2.10. The highest BCUT2D eigenvalue weighted by Gasteiger charge is 2.22. The second-order valence-electron chi connectivity index (χ2n) is 8.14. The number of carbonyl (C=O) groups excluding carboxylic acids is 2. The highest BCUT2D eigenvalue weighted by atomic mass is 16.5. The molecule has 0 radical (unpaired) electrons. The number of benzene rings is 1. The van der Waals surface area contributed by atoms with E-state index in [9.17, 15) is 9.59 Å². The van der Waals surface area contributed by atoms with Crippen LogP contribution in [-0.2, 0) is 9.53 Å². The number of H-pyrrole nitrogens is 1. The third-order valence-corrected chi connectivity index (χ3v) is 5.64. The van der Waals surface area contributed by atoms with Crippen molar-refractivity contribution in [3.05, 3.63) is 66.6 Å². The summed E-state index contributed by atoms with van der Waals surface area (Å²) in [5, 5.41) is 9.68. The van der Waals surface area contributed by atoms with Crippen LogP contribution in [0.4, 0.5) is 11.6 Å². The average molecular weight is 472 g/mol. The van der Waals surface area contributed by atoms with Crippen molar-refractivity contribution in [2.45, 2.75) is 18.9 Å². The van der Waals surface area contributed by atoms with Crippen LogP contribution < -0.4 is 16.0 Å². The first kappa shape index (κ1) is 22.5. The van der Waals surface area contributed by atoms with E-state index in [1.165, 1.54) is 0 Å². The number of amides is 2. The predicted molar refractivity (Wildman–Crippen MR) is 131 cm³/mol. The van der Waals surface area contributed by atoms with E-state index < -0.39 is 0 Å².